The normalized spacial score (nSPS) is 19.6. The summed E-state index contributed by atoms with van der Waals surface area (Å²) in [6.45, 7) is 5.75. The van der Waals surface area contributed by atoms with E-state index >= 15 is 0 Å². The predicted octanol–water partition coefficient (Wildman–Crippen LogP) is 1.99. The van der Waals surface area contributed by atoms with E-state index in [1.165, 1.54) is 11.3 Å². The van der Waals surface area contributed by atoms with Crippen molar-refractivity contribution in [2.45, 2.75) is 38.8 Å². The minimum atomic E-state index is -0.170. The number of piperidine rings is 1. The Balaban J connectivity index is 1.93. The molecule has 122 valence electrons. The van der Waals surface area contributed by atoms with E-state index in [0.29, 0.717) is 0 Å². The standard InChI is InChI=1S/C17H27N3O2/c1-13-6-8-16(9-7-13)20-10-4-5-15(11-20)18-17(22)19(3)14(2)12-21/h6-9,14-15,21H,4-5,10-12H2,1-3H3,(H,18,22). The maximum absolute atomic E-state index is 12.2. The van der Waals surface area contributed by atoms with Crippen molar-refractivity contribution in [1.29, 1.82) is 0 Å². The van der Waals surface area contributed by atoms with Gasteiger partial charge in [0.15, 0.2) is 0 Å². The molecule has 1 aromatic rings. The average Bonchev–Trinajstić information content (AvgIpc) is 2.54. The molecule has 5 heteroatoms. The molecule has 1 fully saturated rings. The molecule has 0 spiro atoms. The first-order valence-corrected chi connectivity index (χ1v) is 7.97. The molecular formula is C17H27N3O2. The van der Waals surface area contributed by atoms with Crippen LogP contribution in [0.25, 0.3) is 0 Å². The van der Waals surface area contributed by atoms with Gasteiger partial charge in [-0.2, -0.15) is 0 Å². The zero-order valence-corrected chi connectivity index (χ0v) is 13.7. The lowest BCUT2D eigenvalue weighted by Crippen LogP contribution is -2.52. The number of hydrogen-bond acceptors (Lipinski definition) is 3. The number of carbonyl (C=O) groups excluding carboxylic acids is 1. The van der Waals surface area contributed by atoms with E-state index < -0.39 is 0 Å². The molecule has 0 aliphatic carbocycles. The highest BCUT2D eigenvalue weighted by molar-refractivity contribution is 5.74. The Hall–Kier alpha value is -1.75. The van der Waals surface area contributed by atoms with Gasteiger partial charge in [-0.15, -0.1) is 0 Å². The van der Waals surface area contributed by atoms with Crippen LogP contribution in [0.1, 0.15) is 25.3 Å². The molecule has 5 nitrogen and oxygen atoms in total. The van der Waals surface area contributed by atoms with Gasteiger partial charge in [-0.1, -0.05) is 17.7 Å². The zero-order valence-electron chi connectivity index (χ0n) is 13.7. The van der Waals surface area contributed by atoms with E-state index in [9.17, 15) is 4.79 Å². The highest BCUT2D eigenvalue weighted by atomic mass is 16.3. The molecule has 2 rings (SSSR count). The highest BCUT2D eigenvalue weighted by Gasteiger charge is 2.24. The van der Waals surface area contributed by atoms with E-state index in [2.05, 4.69) is 41.4 Å². The highest BCUT2D eigenvalue weighted by Crippen LogP contribution is 2.20. The van der Waals surface area contributed by atoms with E-state index in [1.54, 1.807) is 11.9 Å². The third-order valence-corrected chi connectivity index (χ3v) is 4.39. The summed E-state index contributed by atoms with van der Waals surface area (Å²) in [4.78, 5) is 16.1. The minimum absolute atomic E-state index is 0.0237. The number of nitrogens with one attached hydrogen (secondary N) is 1. The van der Waals surface area contributed by atoms with Crippen LogP contribution in [-0.4, -0.2) is 54.9 Å². The Labute approximate surface area is 132 Å². The Morgan fingerprint density at radius 1 is 1.45 bits per heavy atom. The van der Waals surface area contributed by atoms with Gasteiger partial charge in [-0.3, -0.25) is 0 Å². The second-order valence-electron chi connectivity index (χ2n) is 6.21. The predicted molar refractivity (Wildman–Crippen MR) is 89.3 cm³/mol. The van der Waals surface area contributed by atoms with Crippen LogP contribution in [0.2, 0.25) is 0 Å². The summed E-state index contributed by atoms with van der Waals surface area (Å²) < 4.78 is 0. The Morgan fingerprint density at radius 2 is 2.14 bits per heavy atom. The van der Waals surface area contributed by atoms with Crippen molar-refractivity contribution >= 4 is 11.7 Å². The molecule has 1 heterocycles. The van der Waals surface area contributed by atoms with Crippen molar-refractivity contribution in [2.24, 2.45) is 0 Å². The molecule has 22 heavy (non-hydrogen) atoms. The molecule has 1 aliphatic rings. The van der Waals surface area contributed by atoms with Crippen LogP contribution in [0.4, 0.5) is 10.5 Å². The molecular weight excluding hydrogens is 278 g/mol. The van der Waals surface area contributed by atoms with E-state index in [1.807, 2.05) is 6.92 Å². The number of rotatable bonds is 4. The molecule has 2 N–H and O–H groups in total. The number of urea groups is 1. The fraction of sp³-hybridized carbons (Fsp3) is 0.588. The van der Waals surface area contributed by atoms with Crippen LogP contribution >= 0.6 is 0 Å². The third kappa shape index (κ3) is 4.13. The van der Waals surface area contributed by atoms with Crippen molar-refractivity contribution in [3.05, 3.63) is 29.8 Å². The number of carbonyl (C=O) groups is 1. The zero-order chi connectivity index (χ0) is 16.1. The van der Waals surface area contributed by atoms with Gasteiger partial charge >= 0.3 is 6.03 Å². The van der Waals surface area contributed by atoms with Gasteiger partial charge in [0.1, 0.15) is 0 Å². The number of aliphatic hydroxyl groups excluding tert-OH is 1. The lowest BCUT2D eigenvalue weighted by molar-refractivity contribution is 0.154. The summed E-state index contributed by atoms with van der Waals surface area (Å²) in [6.07, 6.45) is 2.06. The van der Waals surface area contributed by atoms with Gasteiger partial charge in [-0.05, 0) is 38.8 Å². The average molecular weight is 305 g/mol. The number of hydrogen-bond donors (Lipinski definition) is 2. The van der Waals surface area contributed by atoms with Crippen molar-refractivity contribution in [3.8, 4) is 0 Å². The number of amides is 2. The van der Waals surface area contributed by atoms with Crippen LogP contribution in [0.3, 0.4) is 0 Å². The number of benzene rings is 1. The largest absolute Gasteiger partial charge is 0.394 e. The Kier molecular flexibility index (Phi) is 5.66. The summed E-state index contributed by atoms with van der Waals surface area (Å²) in [5.74, 6) is 0. The number of aryl methyl sites for hydroxylation is 1. The first-order valence-electron chi connectivity index (χ1n) is 7.97. The monoisotopic (exact) mass is 305 g/mol. The lowest BCUT2D eigenvalue weighted by atomic mass is 10.0. The fourth-order valence-electron chi connectivity index (χ4n) is 2.68. The summed E-state index contributed by atoms with van der Waals surface area (Å²) >= 11 is 0. The molecule has 1 aromatic carbocycles. The van der Waals surface area contributed by atoms with Gasteiger partial charge in [0.25, 0.3) is 0 Å². The van der Waals surface area contributed by atoms with E-state index in [-0.39, 0.29) is 24.7 Å². The molecule has 2 atom stereocenters. The maximum atomic E-state index is 12.2. The molecule has 0 bridgehead atoms. The van der Waals surface area contributed by atoms with Gasteiger partial charge < -0.3 is 20.2 Å². The lowest BCUT2D eigenvalue weighted by Gasteiger charge is -2.36. The van der Waals surface area contributed by atoms with Crippen LogP contribution in [0, 0.1) is 6.92 Å². The van der Waals surface area contributed by atoms with Crippen molar-refractivity contribution in [3.63, 3.8) is 0 Å². The number of anilines is 1. The second kappa shape index (κ2) is 7.49. The van der Waals surface area contributed by atoms with Gasteiger partial charge in [-0.25, -0.2) is 4.79 Å². The van der Waals surface area contributed by atoms with Gasteiger partial charge in [0, 0.05) is 31.9 Å². The Morgan fingerprint density at radius 3 is 2.77 bits per heavy atom. The topological polar surface area (TPSA) is 55.8 Å². The smallest absolute Gasteiger partial charge is 0.317 e. The summed E-state index contributed by atoms with van der Waals surface area (Å²) in [7, 11) is 1.72. The van der Waals surface area contributed by atoms with Crippen molar-refractivity contribution in [1.82, 2.24) is 10.2 Å². The van der Waals surface area contributed by atoms with Crippen LogP contribution < -0.4 is 10.2 Å². The van der Waals surface area contributed by atoms with E-state index in [0.717, 1.165) is 25.9 Å². The molecule has 0 saturated carbocycles. The third-order valence-electron chi connectivity index (χ3n) is 4.39. The molecule has 0 aromatic heterocycles. The van der Waals surface area contributed by atoms with E-state index in [4.69, 9.17) is 5.11 Å². The van der Waals surface area contributed by atoms with Crippen LogP contribution in [-0.2, 0) is 0 Å². The van der Waals surface area contributed by atoms with Crippen LogP contribution in [0.5, 0.6) is 0 Å². The van der Waals surface area contributed by atoms with Gasteiger partial charge in [0.05, 0.1) is 12.6 Å². The fourth-order valence-corrected chi connectivity index (χ4v) is 2.68. The van der Waals surface area contributed by atoms with Crippen molar-refractivity contribution < 1.29 is 9.90 Å². The molecule has 1 saturated heterocycles. The second-order valence-corrected chi connectivity index (χ2v) is 6.21. The molecule has 2 amide bonds. The molecule has 2 unspecified atom stereocenters. The maximum Gasteiger partial charge on any atom is 0.317 e. The molecule has 1 aliphatic heterocycles. The van der Waals surface area contributed by atoms with Crippen LogP contribution in [0.15, 0.2) is 24.3 Å². The number of nitrogens with zero attached hydrogens (tertiary/aromatic N) is 2. The molecule has 0 radical (unpaired) electrons. The number of aliphatic hydroxyl groups is 1. The van der Waals surface area contributed by atoms with Gasteiger partial charge in [0.2, 0.25) is 0 Å². The Bertz CT molecular complexity index is 489. The summed E-state index contributed by atoms with van der Waals surface area (Å²) in [6, 6.07) is 8.38. The minimum Gasteiger partial charge on any atom is -0.394 e. The summed E-state index contributed by atoms with van der Waals surface area (Å²) in [5.41, 5.74) is 2.46. The summed E-state index contributed by atoms with van der Waals surface area (Å²) in [5, 5.41) is 12.2. The first-order chi connectivity index (χ1) is 10.5. The first kappa shape index (κ1) is 16.6. The SMILES string of the molecule is Cc1ccc(N2CCCC(NC(=O)N(C)C(C)CO)C2)cc1. The van der Waals surface area contributed by atoms with Crippen molar-refractivity contribution in [2.75, 3.05) is 31.6 Å². The number of likely N-dealkylation sites (N-methyl/N-ethyl adjacent to an activating group) is 1. The quantitative estimate of drug-likeness (QED) is 0.894.